The highest BCUT2D eigenvalue weighted by Gasteiger charge is 2.03. The number of rotatable bonds is 3. The van der Waals surface area contributed by atoms with Crippen LogP contribution in [-0.2, 0) is 6.42 Å². The lowest BCUT2D eigenvalue weighted by Gasteiger charge is -2.06. The molecule has 0 bridgehead atoms. The molecule has 1 aromatic carbocycles. The van der Waals surface area contributed by atoms with E-state index < -0.39 is 0 Å². The highest BCUT2D eigenvalue weighted by molar-refractivity contribution is 6.30. The summed E-state index contributed by atoms with van der Waals surface area (Å²) >= 11 is 5.93. The monoisotopic (exact) mass is 221 g/mol. The van der Waals surface area contributed by atoms with Gasteiger partial charge in [-0.15, -0.1) is 0 Å². The van der Waals surface area contributed by atoms with Gasteiger partial charge in [0.15, 0.2) is 0 Å². The van der Waals surface area contributed by atoms with Gasteiger partial charge in [0, 0.05) is 29.5 Å². The quantitative estimate of drug-likeness (QED) is 0.862. The fraction of sp³-hybridized carbons (Fsp3) is 0.182. The Morgan fingerprint density at radius 3 is 3.00 bits per heavy atom. The third kappa shape index (κ3) is 2.19. The molecule has 0 aliphatic rings. The van der Waals surface area contributed by atoms with E-state index in [0.29, 0.717) is 6.54 Å². The first kappa shape index (κ1) is 10.2. The van der Waals surface area contributed by atoms with Crippen LogP contribution < -0.4 is 5.73 Å². The molecule has 0 fully saturated rings. The first-order valence-electron chi connectivity index (χ1n) is 4.79. The largest absolute Gasteiger partial charge is 0.330 e. The first-order chi connectivity index (χ1) is 7.31. The Kier molecular flexibility index (Phi) is 3.04. The third-order valence-corrected chi connectivity index (χ3v) is 2.41. The number of nitrogens with two attached hydrogens (primary N) is 1. The molecule has 1 heterocycles. The first-order valence-corrected chi connectivity index (χ1v) is 5.17. The Hall–Kier alpha value is -1.32. The zero-order valence-corrected chi connectivity index (χ0v) is 8.98. The average molecular weight is 222 g/mol. The molecule has 0 unspecified atom stereocenters. The van der Waals surface area contributed by atoms with Crippen molar-refractivity contribution in [3.05, 3.63) is 47.5 Å². The van der Waals surface area contributed by atoms with E-state index in [1.54, 1.807) is 6.20 Å². The molecule has 2 N–H and O–H groups in total. The summed E-state index contributed by atoms with van der Waals surface area (Å²) in [7, 11) is 0. The van der Waals surface area contributed by atoms with Crippen LogP contribution in [0, 0.1) is 0 Å². The van der Waals surface area contributed by atoms with Crippen LogP contribution in [-0.4, -0.2) is 16.1 Å². The number of hydrogen-bond donors (Lipinski definition) is 1. The molecule has 0 radical (unpaired) electrons. The highest BCUT2D eigenvalue weighted by atomic mass is 35.5. The van der Waals surface area contributed by atoms with Crippen LogP contribution in [0.25, 0.3) is 5.69 Å². The molecule has 1 aromatic heterocycles. The van der Waals surface area contributed by atoms with Crippen molar-refractivity contribution >= 4 is 11.6 Å². The van der Waals surface area contributed by atoms with Crippen molar-refractivity contribution < 1.29 is 0 Å². The molecule has 2 aromatic rings. The standard InChI is InChI=1S/C11H12ClN3/c12-9-2-1-3-10(8-9)15-7-6-14-11(15)4-5-13/h1-3,6-8H,4-5,13H2. The van der Waals surface area contributed by atoms with Gasteiger partial charge < -0.3 is 10.3 Å². The summed E-state index contributed by atoms with van der Waals surface area (Å²) in [5.41, 5.74) is 6.53. The van der Waals surface area contributed by atoms with Crippen molar-refractivity contribution in [1.82, 2.24) is 9.55 Å². The molecule has 0 saturated heterocycles. The second kappa shape index (κ2) is 4.47. The normalized spacial score (nSPS) is 10.5. The van der Waals surface area contributed by atoms with Gasteiger partial charge in [0.05, 0.1) is 0 Å². The summed E-state index contributed by atoms with van der Waals surface area (Å²) in [4.78, 5) is 4.25. The van der Waals surface area contributed by atoms with E-state index in [-0.39, 0.29) is 0 Å². The molecule has 0 saturated carbocycles. The van der Waals surface area contributed by atoms with Gasteiger partial charge in [0.2, 0.25) is 0 Å². The van der Waals surface area contributed by atoms with Gasteiger partial charge in [-0.2, -0.15) is 0 Å². The molecule has 2 rings (SSSR count). The zero-order chi connectivity index (χ0) is 10.7. The van der Waals surface area contributed by atoms with E-state index in [4.69, 9.17) is 17.3 Å². The molecule has 15 heavy (non-hydrogen) atoms. The van der Waals surface area contributed by atoms with E-state index in [2.05, 4.69) is 4.98 Å². The second-order valence-corrected chi connectivity index (χ2v) is 3.67. The van der Waals surface area contributed by atoms with Crippen molar-refractivity contribution in [2.45, 2.75) is 6.42 Å². The Labute approximate surface area is 93.5 Å². The minimum Gasteiger partial charge on any atom is -0.330 e. The number of imidazole rings is 1. The maximum Gasteiger partial charge on any atom is 0.114 e. The summed E-state index contributed by atoms with van der Waals surface area (Å²) in [5, 5.41) is 0.722. The van der Waals surface area contributed by atoms with Gasteiger partial charge in [-0.3, -0.25) is 0 Å². The SMILES string of the molecule is NCCc1nccn1-c1cccc(Cl)c1. The Morgan fingerprint density at radius 2 is 2.27 bits per heavy atom. The predicted octanol–water partition coefficient (Wildman–Crippen LogP) is 2.03. The Morgan fingerprint density at radius 1 is 1.40 bits per heavy atom. The topological polar surface area (TPSA) is 43.8 Å². The van der Waals surface area contributed by atoms with E-state index in [1.807, 2.05) is 35.0 Å². The molecule has 3 nitrogen and oxygen atoms in total. The van der Waals surface area contributed by atoms with Crippen molar-refractivity contribution in [3.63, 3.8) is 0 Å². The smallest absolute Gasteiger partial charge is 0.114 e. The van der Waals surface area contributed by atoms with Crippen molar-refractivity contribution in [1.29, 1.82) is 0 Å². The van der Waals surface area contributed by atoms with E-state index in [0.717, 1.165) is 23.0 Å². The average Bonchev–Trinajstić information content (AvgIpc) is 2.66. The van der Waals surface area contributed by atoms with Crippen LogP contribution in [0.5, 0.6) is 0 Å². The van der Waals surface area contributed by atoms with Crippen molar-refractivity contribution in [2.24, 2.45) is 5.73 Å². The van der Waals surface area contributed by atoms with E-state index >= 15 is 0 Å². The molecule has 0 amide bonds. The van der Waals surface area contributed by atoms with Gasteiger partial charge in [0.1, 0.15) is 5.82 Å². The second-order valence-electron chi connectivity index (χ2n) is 3.23. The lowest BCUT2D eigenvalue weighted by Crippen LogP contribution is -2.08. The molecular formula is C11H12ClN3. The van der Waals surface area contributed by atoms with Crippen LogP contribution in [0.2, 0.25) is 5.02 Å². The van der Waals surface area contributed by atoms with Crippen LogP contribution in [0.4, 0.5) is 0 Å². The van der Waals surface area contributed by atoms with Gasteiger partial charge in [-0.25, -0.2) is 4.98 Å². The molecule has 0 spiro atoms. The van der Waals surface area contributed by atoms with Gasteiger partial charge in [-0.1, -0.05) is 17.7 Å². The number of aromatic nitrogens is 2. The van der Waals surface area contributed by atoms with E-state index in [9.17, 15) is 0 Å². The summed E-state index contributed by atoms with van der Waals surface area (Å²) in [5.74, 6) is 0.958. The minimum absolute atomic E-state index is 0.595. The van der Waals surface area contributed by atoms with Gasteiger partial charge in [-0.05, 0) is 24.7 Å². The van der Waals surface area contributed by atoms with Crippen molar-refractivity contribution in [3.8, 4) is 5.69 Å². The Balaban J connectivity index is 2.40. The fourth-order valence-electron chi connectivity index (χ4n) is 1.51. The van der Waals surface area contributed by atoms with E-state index in [1.165, 1.54) is 0 Å². The molecule has 4 heteroatoms. The van der Waals surface area contributed by atoms with Gasteiger partial charge in [0.25, 0.3) is 0 Å². The maximum absolute atomic E-state index is 5.93. The van der Waals surface area contributed by atoms with Crippen LogP contribution >= 0.6 is 11.6 Å². The molecular weight excluding hydrogens is 210 g/mol. The number of hydrogen-bond acceptors (Lipinski definition) is 2. The summed E-state index contributed by atoms with van der Waals surface area (Å²) in [6, 6.07) is 7.67. The fourth-order valence-corrected chi connectivity index (χ4v) is 1.69. The van der Waals surface area contributed by atoms with Gasteiger partial charge >= 0.3 is 0 Å². The lowest BCUT2D eigenvalue weighted by atomic mass is 10.3. The molecule has 0 atom stereocenters. The molecule has 78 valence electrons. The zero-order valence-electron chi connectivity index (χ0n) is 8.23. The number of benzene rings is 1. The maximum atomic E-state index is 5.93. The van der Waals surface area contributed by atoms with Crippen LogP contribution in [0.3, 0.4) is 0 Å². The number of halogens is 1. The third-order valence-electron chi connectivity index (χ3n) is 2.17. The predicted molar refractivity (Wildman–Crippen MR) is 61.3 cm³/mol. The van der Waals surface area contributed by atoms with Crippen molar-refractivity contribution in [2.75, 3.05) is 6.54 Å². The minimum atomic E-state index is 0.595. The summed E-state index contributed by atoms with van der Waals surface area (Å²) in [6.45, 7) is 0.595. The number of nitrogens with zero attached hydrogens (tertiary/aromatic N) is 2. The lowest BCUT2D eigenvalue weighted by molar-refractivity contribution is 0.837. The molecule has 0 aliphatic heterocycles. The van der Waals surface area contributed by atoms with Crippen LogP contribution in [0.1, 0.15) is 5.82 Å². The molecule has 0 aliphatic carbocycles. The highest BCUT2D eigenvalue weighted by Crippen LogP contribution is 2.16. The summed E-state index contributed by atoms with van der Waals surface area (Å²) in [6.07, 6.45) is 4.45. The Bertz CT molecular complexity index is 451. The summed E-state index contributed by atoms with van der Waals surface area (Å²) < 4.78 is 2.00. The van der Waals surface area contributed by atoms with Crippen LogP contribution in [0.15, 0.2) is 36.7 Å².